The molecule has 4 nitrogen and oxygen atoms in total. The van der Waals surface area contributed by atoms with Crippen LogP contribution in [0.25, 0.3) is 0 Å². The highest BCUT2D eigenvalue weighted by Gasteiger charge is 2.16. The zero-order valence-electron chi connectivity index (χ0n) is 11.3. The van der Waals surface area contributed by atoms with Crippen molar-refractivity contribution >= 4 is 34.2 Å². The lowest BCUT2D eigenvalue weighted by molar-refractivity contribution is 0.0694. The summed E-state index contributed by atoms with van der Waals surface area (Å²) in [4.78, 5) is 12.1. The molecule has 19 heavy (non-hydrogen) atoms. The topological polar surface area (TPSA) is 66.4 Å². The van der Waals surface area contributed by atoms with Crippen LogP contribution in [-0.2, 0) is 10.8 Å². The molecule has 0 saturated carbocycles. The number of nitrogens with one attached hydrogen (secondary N) is 1. The number of benzene rings is 1. The van der Waals surface area contributed by atoms with Gasteiger partial charge in [0.05, 0.1) is 5.56 Å². The van der Waals surface area contributed by atoms with Crippen LogP contribution in [0.1, 0.15) is 24.2 Å². The molecule has 0 saturated heterocycles. The van der Waals surface area contributed by atoms with E-state index in [1.807, 2.05) is 26.0 Å². The number of carboxylic acids is 1. The number of thioether (sulfide) groups is 1. The van der Waals surface area contributed by atoms with E-state index in [0.29, 0.717) is 17.8 Å². The second kappa shape index (κ2) is 7.55. The summed E-state index contributed by atoms with van der Waals surface area (Å²) in [5.74, 6) is -0.122. The number of rotatable bonds is 7. The standard InChI is InChI=1S/C13H19NO3S2/c1-4-18-11-7-5-6-10(12(11)13(15)16)14-8-9(2)19(3)17/h5-7,9,14H,4,8H2,1-3H3,(H,15,16). The summed E-state index contributed by atoms with van der Waals surface area (Å²) in [6, 6.07) is 5.39. The highest BCUT2D eigenvalue weighted by atomic mass is 32.2. The van der Waals surface area contributed by atoms with Crippen molar-refractivity contribution in [3.8, 4) is 0 Å². The zero-order valence-corrected chi connectivity index (χ0v) is 12.9. The lowest BCUT2D eigenvalue weighted by Crippen LogP contribution is -2.21. The molecule has 0 amide bonds. The minimum atomic E-state index is -0.940. The molecule has 1 aromatic carbocycles. The van der Waals surface area contributed by atoms with Crippen LogP contribution in [0, 0.1) is 0 Å². The van der Waals surface area contributed by atoms with Crippen LogP contribution in [-0.4, -0.2) is 39.1 Å². The van der Waals surface area contributed by atoms with Gasteiger partial charge < -0.3 is 10.4 Å². The molecule has 1 rings (SSSR count). The highest BCUT2D eigenvalue weighted by molar-refractivity contribution is 7.99. The second-order valence-corrected chi connectivity index (χ2v) is 7.21. The van der Waals surface area contributed by atoms with Gasteiger partial charge in [-0.25, -0.2) is 4.79 Å². The fourth-order valence-electron chi connectivity index (χ4n) is 1.55. The molecule has 106 valence electrons. The molecule has 6 heteroatoms. The molecular formula is C13H19NO3S2. The Morgan fingerprint density at radius 1 is 1.53 bits per heavy atom. The van der Waals surface area contributed by atoms with Crippen molar-refractivity contribution in [1.82, 2.24) is 0 Å². The van der Waals surface area contributed by atoms with Crippen molar-refractivity contribution < 1.29 is 14.1 Å². The van der Waals surface area contributed by atoms with E-state index in [9.17, 15) is 14.1 Å². The summed E-state index contributed by atoms with van der Waals surface area (Å²) in [6.45, 7) is 4.34. The first-order chi connectivity index (χ1) is 8.97. The fraction of sp³-hybridized carbons (Fsp3) is 0.462. The minimum absolute atomic E-state index is 0.0240. The number of carboxylic acid groups (broad SMARTS) is 1. The first-order valence-corrected chi connectivity index (χ1v) is 8.63. The predicted molar refractivity (Wildman–Crippen MR) is 81.8 cm³/mol. The molecule has 0 radical (unpaired) electrons. The van der Waals surface area contributed by atoms with Crippen molar-refractivity contribution in [2.75, 3.05) is 23.9 Å². The van der Waals surface area contributed by atoms with Crippen molar-refractivity contribution in [2.24, 2.45) is 0 Å². The summed E-state index contributed by atoms with van der Waals surface area (Å²) in [6.07, 6.45) is 1.65. The van der Waals surface area contributed by atoms with Gasteiger partial charge in [0.2, 0.25) is 0 Å². The maximum Gasteiger partial charge on any atom is 0.338 e. The van der Waals surface area contributed by atoms with Gasteiger partial charge in [0.1, 0.15) is 0 Å². The molecule has 0 spiro atoms. The SMILES string of the molecule is CCSc1cccc(NCC(C)S(C)=O)c1C(=O)O. The first kappa shape index (κ1) is 16.0. The third kappa shape index (κ3) is 4.54. The maximum atomic E-state index is 11.4. The largest absolute Gasteiger partial charge is 0.478 e. The van der Waals surface area contributed by atoms with Gasteiger partial charge in [-0.1, -0.05) is 13.0 Å². The molecular weight excluding hydrogens is 282 g/mol. The molecule has 0 fully saturated rings. The van der Waals surface area contributed by atoms with Gasteiger partial charge in [0.15, 0.2) is 0 Å². The number of hydrogen-bond acceptors (Lipinski definition) is 4. The Hall–Kier alpha value is -1.01. The molecule has 2 N–H and O–H groups in total. The Labute approximate surface area is 120 Å². The van der Waals surface area contributed by atoms with Crippen LogP contribution in [0.5, 0.6) is 0 Å². The van der Waals surface area contributed by atoms with Crippen molar-refractivity contribution in [3.05, 3.63) is 23.8 Å². The average molecular weight is 301 g/mol. The molecule has 2 unspecified atom stereocenters. The number of hydrogen-bond donors (Lipinski definition) is 2. The third-order valence-corrected chi connectivity index (χ3v) is 4.93. The van der Waals surface area contributed by atoms with Crippen LogP contribution in [0.15, 0.2) is 23.1 Å². The molecule has 2 atom stereocenters. The van der Waals surface area contributed by atoms with Crippen LogP contribution < -0.4 is 5.32 Å². The van der Waals surface area contributed by atoms with Gasteiger partial charge in [-0.3, -0.25) is 4.21 Å². The Bertz CT molecular complexity index is 477. The quantitative estimate of drug-likeness (QED) is 0.758. The zero-order chi connectivity index (χ0) is 14.4. The van der Waals surface area contributed by atoms with Crippen LogP contribution in [0.4, 0.5) is 5.69 Å². The van der Waals surface area contributed by atoms with E-state index in [0.717, 1.165) is 10.6 Å². The van der Waals surface area contributed by atoms with Gasteiger partial charge >= 0.3 is 5.97 Å². The minimum Gasteiger partial charge on any atom is -0.478 e. The summed E-state index contributed by atoms with van der Waals surface area (Å²) >= 11 is 1.50. The Balaban J connectivity index is 2.96. The van der Waals surface area contributed by atoms with Crippen molar-refractivity contribution in [1.29, 1.82) is 0 Å². The van der Waals surface area contributed by atoms with Crippen LogP contribution in [0.2, 0.25) is 0 Å². The van der Waals surface area contributed by atoms with E-state index in [1.54, 1.807) is 12.3 Å². The Kier molecular flexibility index (Phi) is 6.37. The van der Waals surface area contributed by atoms with E-state index < -0.39 is 16.8 Å². The lowest BCUT2D eigenvalue weighted by atomic mass is 10.1. The summed E-state index contributed by atoms with van der Waals surface area (Å²) in [5.41, 5.74) is 0.881. The summed E-state index contributed by atoms with van der Waals surface area (Å²) in [5, 5.41) is 12.4. The maximum absolute atomic E-state index is 11.4. The van der Waals surface area contributed by atoms with Gasteiger partial charge in [-0.2, -0.15) is 0 Å². The molecule has 0 heterocycles. The monoisotopic (exact) mass is 301 g/mol. The third-order valence-electron chi connectivity index (χ3n) is 2.69. The van der Waals surface area contributed by atoms with Gasteiger partial charge in [0, 0.05) is 39.4 Å². The number of carbonyl (C=O) groups is 1. The van der Waals surface area contributed by atoms with Gasteiger partial charge in [-0.05, 0) is 24.8 Å². The number of aromatic carboxylic acids is 1. The Morgan fingerprint density at radius 3 is 2.74 bits per heavy atom. The van der Waals surface area contributed by atoms with Crippen molar-refractivity contribution in [3.63, 3.8) is 0 Å². The smallest absolute Gasteiger partial charge is 0.338 e. The van der Waals surface area contributed by atoms with Crippen LogP contribution in [0.3, 0.4) is 0 Å². The molecule has 0 aliphatic rings. The molecule has 0 aliphatic carbocycles. The lowest BCUT2D eigenvalue weighted by Gasteiger charge is -2.15. The number of anilines is 1. The van der Waals surface area contributed by atoms with Crippen molar-refractivity contribution in [2.45, 2.75) is 24.0 Å². The molecule has 0 aromatic heterocycles. The molecule has 1 aromatic rings. The van der Waals surface area contributed by atoms with E-state index in [2.05, 4.69) is 5.32 Å². The predicted octanol–water partition coefficient (Wildman–Crippen LogP) is 2.68. The van der Waals surface area contributed by atoms with E-state index >= 15 is 0 Å². The molecule has 0 bridgehead atoms. The van der Waals surface area contributed by atoms with Gasteiger partial charge in [-0.15, -0.1) is 11.8 Å². The highest BCUT2D eigenvalue weighted by Crippen LogP contribution is 2.28. The first-order valence-electron chi connectivity index (χ1n) is 6.02. The van der Waals surface area contributed by atoms with Crippen LogP contribution >= 0.6 is 11.8 Å². The summed E-state index contributed by atoms with van der Waals surface area (Å²) in [7, 11) is -0.925. The van der Waals surface area contributed by atoms with E-state index in [4.69, 9.17) is 0 Å². The molecule has 0 aliphatic heterocycles. The second-order valence-electron chi connectivity index (χ2n) is 4.11. The summed E-state index contributed by atoms with van der Waals surface area (Å²) < 4.78 is 11.3. The normalized spacial score (nSPS) is 13.8. The fourth-order valence-corrected chi connectivity index (χ4v) is 2.69. The van der Waals surface area contributed by atoms with E-state index in [-0.39, 0.29) is 5.25 Å². The Morgan fingerprint density at radius 2 is 2.21 bits per heavy atom. The van der Waals surface area contributed by atoms with E-state index in [1.165, 1.54) is 11.8 Å². The van der Waals surface area contributed by atoms with Gasteiger partial charge in [0.25, 0.3) is 0 Å². The average Bonchev–Trinajstić information content (AvgIpc) is 2.35.